The molecule has 2 unspecified atom stereocenters. The molecule has 1 aliphatic rings. The molecule has 0 aromatic heterocycles. The number of hydrogen-bond acceptors (Lipinski definition) is 4. The first-order valence-corrected chi connectivity index (χ1v) is 10.5. The molecule has 0 saturated carbocycles. The zero-order chi connectivity index (χ0) is 22.5. The Morgan fingerprint density at radius 1 is 1.23 bits per heavy atom. The quantitative estimate of drug-likeness (QED) is 0.641. The van der Waals surface area contributed by atoms with E-state index in [9.17, 15) is 19.8 Å². The molecule has 7 nitrogen and oxygen atoms in total. The second-order valence-corrected chi connectivity index (χ2v) is 8.22. The molecule has 3 rings (SSSR count). The number of ether oxygens (including phenoxy) is 1. The molecule has 1 fully saturated rings. The molecule has 0 bridgehead atoms. The monoisotopic (exact) mass is 426 g/mol. The lowest BCUT2D eigenvalue weighted by atomic mass is 9.83. The van der Waals surface area contributed by atoms with Gasteiger partial charge in [-0.1, -0.05) is 44.2 Å². The molecule has 7 heteroatoms. The van der Waals surface area contributed by atoms with E-state index in [-0.39, 0.29) is 29.5 Å². The van der Waals surface area contributed by atoms with Crippen LogP contribution in [-0.2, 0) is 11.3 Å². The minimum absolute atomic E-state index is 0.0466. The molecule has 2 amide bonds. The lowest BCUT2D eigenvalue weighted by Crippen LogP contribution is -2.44. The van der Waals surface area contributed by atoms with Crippen LogP contribution in [0.15, 0.2) is 42.5 Å². The number of benzene rings is 2. The van der Waals surface area contributed by atoms with Gasteiger partial charge in [-0.3, -0.25) is 4.79 Å². The van der Waals surface area contributed by atoms with Crippen LogP contribution in [0, 0.1) is 5.92 Å². The number of phenolic OH excluding ortho intramolecular Hbond substituents is 1. The number of likely N-dealkylation sites (tertiary alicyclic amines) is 1. The molecule has 2 atom stereocenters. The van der Waals surface area contributed by atoms with Crippen LogP contribution in [0.4, 0.5) is 4.79 Å². The average molecular weight is 427 g/mol. The summed E-state index contributed by atoms with van der Waals surface area (Å²) in [5, 5.41) is 22.4. The number of nitrogens with zero attached hydrogens (tertiary/aromatic N) is 1. The highest BCUT2D eigenvalue weighted by Crippen LogP contribution is 2.38. The van der Waals surface area contributed by atoms with E-state index >= 15 is 0 Å². The van der Waals surface area contributed by atoms with E-state index in [2.05, 4.69) is 19.2 Å². The third-order valence-electron chi connectivity index (χ3n) is 5.91. The lowest BCUT2D eigenvalue weighted by Gasteiger charge is -2.38. The van der Waals surface area contributed by atoms with Crippen molar-refractivity contribution in [3.05, 3.63) is 59.2 Å². The summed E-state index contributed by atoms with van der Waals surface area (Å²) >= 11 is 0. The van der Waals surface area contributed by atoms with Gasteiger partial charge in [0.1, 0.15) is 0 Å². The summed E-state index contributed by atoms with van der Waals surface area (Å²) in [5.41, 5.74) is 2.89. The number of phenols is 1. The van der Waals surface area contributed by atoms with Crippen LogP contribution in [0.1, 0.15) is 55.3 Å². The summed E-state index contributed by atoms with van der Waals surface area (Å²) in [4.78, 5) is 26.2. The number of carbonyl (C=O) groups is 2. The molecule has 0 aliphatic carbocycles. The van der Waals surface area contributed by atoms with Crippen LogP contribution >= 0.6 is 0 Å². The molecule has 0 radical (unpaired) electrons. The predicted octanol–water partition coefficient (Wildman–Crippen LogP) is 4.27. The largest absolute Gasteiger partial charge is 0.504 e. The van der Waals surface area contributed by atoms with Crippen molar-refractivity contribution >= 4 is 12.0 Å². The first-order chi connectivity index (χ1) is 14.8. The summed E-state index contributed by atoms with van der Waals surface area (Å²) in [6.07, 6.45) is -0.0309. The predicted molar refractivity (Wildman–Crippen MR) is 117 cm³/mol. The van der Waals surface area contributed by atoms with Crippen molar-refractivity contribution < 1.29 is 24.5 Å². The second kappa shape index (κ2) is 9.73. The van der Waals surface area contributed by atoms with Gasteiger partial charge in [-0.2, -0.15) is 0 Å². The molecule has 2 aromatic carbocycles. The molecule has 1 saturated heterocycles. The highest BCUT2D eigenvalue weighted by Gasteiger charge is 2.36. The van der Waals surface area contributed by atoms with Crippen LogP contribution in [0.3, 0.4) is 0 Å². The van der Waals surface area contributed by atoms with Crippen LogP contribution in [0.25, 0.3) is 0 Å². The number of rotatable bonds is 6. The van der Waals surface area contributed by atoms with E-state index in [1.54, 1.807) is 12.1 Å². The highest BCUT2D eigenvalue weighted by atomic mass is 16.5. The molecule has 1 heterocycles. The number of methoxy groups -OCH3 is 1. The molecule has 166 valence electrons. The summed E-state index contributed by atoms with van der Waals surface area (Å²) in [6, 6.07) is 12.5. The third-order valence-corrected chi connectivity index (χ3v) is 5.91. The Morgan fingerprint density at radius 3 is 2.65 bits per heavy atom. The first kappa shape index (κ1) is 22.5. The van der Waals surface area contributed by atoms with E-state index in [0.29, 0.717) is 31.7 Å². The maximum atomic E-state index is 12.9. The third kappa shape index (κ3) is 5.10. The SMILES string of the molecule is COc1cc(CNC(=O)C2CCN(C(=O)O)C(c3ccccc3C(C)C)C2)ccc1O. The summed E-state index contributed by atoms with van der Waals surface area (Å²) in [5.74, 6) is 0.284. The van der Waals surface area contributed by atoms with Crippen molar-refractivity contribution in [2.75, 3.05) is 13.7 Å². The molecular weight excluding hydrogens is 396 g/mol. The van der Waals surface area contributed by atoms with Gasteiger partial charge in [0.25, 0.3) is 0 Å². The molecule has 2 aromatic rings. The van der Waals surface area contributed by atoms with E-state index in [4.69, 9.17) is 4.74 Å². The van der Waals surface area contributed by atoms with Crippen LogP contribution in [0.5, 0.6) is 11.5 Å². The Labute approximate surface area is 182 Å². The Hall–Kier alpha value is -3.22. The normalized spacial score (nSPS) is 18.6. The van der Waals surface area contributed by atoms with Gasteiger partial charge in [-0.05, 0) is 47.6 Å². The summed E-state index contributed by atoms with van der Waals surface area (Å²) < 4.78 is 5.11. The highest BCUT2D eigenvalue weighted by molar-refractivity contribution is 5.79. The number of piperidine rings is 1. The van der Waals surface area contributed by atoms with Crippen molar-refractivity contribution in [3.8, 4) is 11.5 Å². The zero-order valence-corrected chi connectivity index (χ0v) is 18.2. The van der Waals surface area contributed by atoms with Gasteiger partial charge in [0.05, 0.1) is 13.2 Å². The standard InChI is InChI=1S/C24H30N2O5/c1-15(2)18-6-4-5-7-19(18)20-13-17(10-11-26(20)24(29)30)23(28)25-14-16-8-9-21(27)22(12-16)31-3/h4-9,12,15,17,20,27H,10-11,13-14H2,1-3H3,(H,25,28)(H,29,30). The molecule has 0 spiro atoms. The van der Waals surface area contributed by atoms with E-state index in [1.165, 1.54) is 18.1 Å². The van der Waals surface area contributed by atoms with E-state index in [0.717, 1.165) is 16.7 Å². The summed E-state index contributed by atoms with van der Waals surface area (Å²) in [7, 11) is 1.47. The minimum Gasteiger partial charge on any atom is -0.504 e. The second-order valence-electron chi connectivity index (χ2n) is 8.22. The molecule has 1 aliphatic heterocycles. The van der Waals surface area contributed by atoms with E-state index in [1.807, 2.05) is 24.3 Å². The fraction of sp³-hybridized carbons (Fsp3) is 0.417. The average Bonchev–Trinajstić information content (AvgIpc) is 2.77. The number of carboxylic acid groups (broad SMARTS) is 1. The van der Waals surface area contributed by atoms with Gasteiger partial charge >= 0.3 is 6.09 Å². The Morgan fingerprint density at radius 2 is 1.97 bits per heavy atom. The van der Waals surface area contributed by atoms with Gasteiger partial charge in [0.2, 0.25) is 5.91 Å². The molecular formula is C24H30N2O5. The van der Waals surface area contributed by atoms with Crippen molar-refractivity contribution in [1.29, 1.82) is 0 Å². The van der Waals surface area contributed by atoms with Crippen molar-refractivity contribution in [3.63, 3.8) is 0 Å². The molecule has 3 N–H and O–H groups in total. The van der Waals surface area contributed by atoms with Crippen molar-refractivity contribution in [2.45, 2.75) is 45.2 Å². The fourth-order valence-corrected chi connectivity index (χ4v) is 4.23. The van der Waals surface area contributed by atoms with Gasteiger partial charge in [-0.15, -0.1) is 0 Å². The Kier molecular flexibility index (Phi) is 7.05. The number of carbonyl (C=O) groups excluding carboxylic acids is 1. The van der Waals surface area contributed by atoms with Gasteiger partial charge < -0.3 is 25.2 Å². The Bertz CT molecular complexity index is 943. The van der Waals surface area contributed by atoms with Crippen molar-refractivity contribution in [1.82, 2.24) is 10.2 Å². The maximum Gasteiger partial charge on any atom is 0.407 e. The number of amides is 2. The van der Waals surface area contributed by atoms with Crippen molar-refractivity contribution in [2.24, 2.45) is 5.92 Å². The number of aromatic hydroxyl groups is 1. The van der Waals surface area contributed by atoms with Gasteiger partial charge in [0.15, 0.2) is 11.5 Å². The van der Waals surface area contributed by atoms with Crippen LogP contribution in [-0.4, -0.2) is 40.8 Å². The van der Waals surface area contributed by atoms with Crippen LogP contribution in [0.2, 0.25) is 0 Å². The topological polar surface area (TPSA) is 99.1 Å². The minimum atomic E-state index is -0.960. The number of hydrogen-bond donors (Lipinski definition) is 3. The smallest absolute Gasteiger partial charge is 0.407 e. The Balaban J connectivity index is 1.74. The van der Waals surface area contributed by atoms with Crippen LogP contribution < -0.4 is 10.1 Å². The fourth-order valence-electron chi connectivity index (χ4n) is 4.23. The lowest BCUT2D eigenvalue weighted by molar-refractivity contribution is -0.127. The first-order valence-electron chi connectivity index (χ1n) is 10.5. The van der Waals surface area contributed by atoms with Gasteiger partial charge in [0, 0.05) is 19.0 Å². The zero-order valence-electron chi connectivity index (χ0n) is 18.2. The summed E-state index contributed by atoms with van der Waals surface area (Å²) in [6.45, 7) is 4.80. The maximum absolute atomic E-state index is 12.9. The van der Waals surface area contributed by atoms with Gasteiger partial charge in [-0.25, -0.2) is 4.79 Å². The van der Waals surface area contributed by atoms with E-state index < -0.39 is 6.09 Å². The molecule has 31 heavy (non-hydrogen) atoms. The number of nitrogens with one attached hydrogen (secondary N) is 1.